The van der Waals surface area contributed by atoms with E-state index >= 15 is 0 Å². The molecule has 0 saturated carbocycles. The maximum atomic E-state index is 9.22. The third-order valence-electron chi connectivity index (χ3n) is 6.38. The summed E-state index contributed by atoms with van der Waals surface area (Å²) < 4.78 is 5.55. The number of halogens is 1. The zero-order valence-corrected chi connectivity index (χ0v) is 18.4. The fourth-order valence-corrected chi connectivity index (χ4v) is 5.07. The zero-order valence-electron chi connectivity index (χ0n) is 17.6. The second-order valence-corrected chi connectivity index (χ2v) is 8.80. The van der Waals surface area contributed by atoms with Crippen LogP contribution in [0.25, 0.3) is 22.4 Å². The molecule has 31 heavy (non-hydrogen) atoms. The average Bonchev–Trinajstić information content (AvgIpc) is 3.25. The van der Waals surface area contributed by atoms with E-state index < -0.39 is 0 Å². The van der Waals surface area contributed by atoms with Gasteiger partial charge in [0, 0.05) is 43.3 Å². The highest BCUT2D eigenvalue weighted by Gasteiger charge is 2.27. The first-order valence-corrected chi connectivity index (χ1v) is 11.2. The third-order valence-corrected chi connectivity index (χ3v) is 6.79. The molecule has 1 aliphatic heterocycles. The van der Waals surface area contributed by atoms with E-state index in [1.54, 1.807) is 13.3 Å². The Balaban J connectivity index is 1.47. The van der Waals surface area contributed by atoms with Gasteiger partial charge in [0.1, 0.15) is 5.69 Å². The number of aliphatic hydroxyl groups excluding tert-OH is 1. The van der Waals surface area contributed by atoms with Crippen LogP contribution in [0.1, 0.15) is 23.2 Å². The number of aromatic nitrogens is 2. The number of ether oxygens (including phenoxy) is 1. The van der Waals surface area contributed by atoms with E-state index in [-0.39, 0.29) is 6.61 Å². The van der Waals surface area contributed by atoms with Crippen molar-refractivity contribution in [3.8, 4) is 28.3 Å². The molecule has 0 radical (unpaired) electrons. The Bertz CT molecular complexity index is 1110. The Morgan fingerprint density at radius 1 is 1.10 bits per heavy atom. The van der Waals surface area contributed by atoms with Crippen LogP contribution in [0, 0.1) is 5.92 Å². The molecule has 160 valence electrons. The SMILES string of the molecule is COc1nc(-c2cccc(-c3cccc4c3CCC4)c2Cl)cnc1CN1CC(CO)C1. The molecular weight excluding hydrogens is 410 g/mol. The van der Waals surface area contributed by atoms with Crippen LogP contribution < -0.4 is 4.74 Å². The molecule has 3 aromatic rings. The largest absolute Gasteiger partial charge is 0.480 e. The van der Waals surface area contributed by atoms with Gasteiger partial charge in [-0.3, -0.25) is 9.88 Å². The summed E-state index contributed by atoms with van der Waals surface area (Å²) in [4.78, 5) is 11.6. The monoisotopic (exact) mass is 435 g/mol. The van der Waals surface area contributed by atoms with Crippen LogP contribution in [0.2, 0.25) is 5.02 Å². The van der Waals surface area contributed by atoms with Crippen LogP contribution in [0.15, 0.2) is 42.6 Å². The number of fused-ring (bicyclic) bond motifs is 1. The molecule has 0 unspecified atom stereocenters. The summed E-state index contributed by atoms with van der Waals surface area (Å²) in [5, 5.41) is 9.92. The maximum Gasteiger partial charge on any atom is 0.237 e. The van der Waals surface area contributed by atoms with Crippen LogP contribution in [0.5, 0.6) is 5.88 Å². The number of hydrogen-bond donors (Lipinski definition) is 1. The minimum absolute atomic E-state index is 0.234. The molecule has 2 aromatic carbocycles. The van der Waals surface area contributed by atoms with E-state index in [4.69, 9.17) is 21.3 Å². The number of aliphatic hydroxyl groups is 1. The summed E-state index contributed by atoms with van der Waals surface area (Å²) in [6.07, 6.45) is 5.22. The minimum Gasteiger partial charge on any atom is -0.480 e. The number of likely N-dealkylation sites (tertiary alicyclic amines) is 1. The molecule has 1 saturated heterocycles. The second-order valence-electron chi connectivity index (χ2n) is 8.42. The molecule has 5 rings (SSSR count). The Morgan fingerprint density at radius 3 is 2.68 bits per heavy atom. The first-order chi connectivity index (χ1) is 15.2. The highest BCUT2D eigenvalue weighted by molar-refractivity contribution is 6.36. The fourth-order valence-electron chi connectivity index (χ4n) is 4.74. The molecule has 0 amide bonds. The first-order valence-electron chi connectivity index (χ1n) is 10.8. The van der Waals surface area contributed by atoms with Crippen LogP contribution in [-0.4, -0.2) is 46.8 Å². The van der Waals surface area contributed by atoms with Crippen molar-refractivity contribution in [3.63, 3.8) is 0 Å². The number of rotatable bonds is 6. The van der Waals surface area contributed by atoms with Crippen molar-refractivity contribution in [2.45, 2.75) is 25.8 Å². The summed E-state index contributed by atoms with van der Waals surface area (Å²) in [6.45, 7) is 2.64. The lowest BCUT2D eigenvalue weighted by atomic mass is 9.95. The number of aryl methyl sites for hydroxylation is 1. The zero-order chi connectivity index (χ0) is 21.4. The van der Waals surface area contributed by atoms with Crippen molar-refractivity contribution in [3.05, 3.63) is 64.4 Å². The van der Waals surface area contributed by atoms with Gasteiger partial charge >= 0.3 is 0 Å². The molecule has 1 aromatic heterocycles. The third kappa shape index (κ3) is 3.82. The summed E-state index contributed by atoms with van der Waals surface area (Å²) in [5.74, 6) is 0.881. The lowest BCUT2D eigenvalue weighted by Gasteiger charge is -2.37. The van der Waals surface area contributed by atoms with Gasteiger partial charge in [-0.25, -0.2) is 4.98 Å². The van der Waals surface area contributed by atoms with Crippen molar-refractivity contribution < 1.29 is 9.84 Å². The topological polar surface area (TPSA) is 58.5 Å². The summed E-state index contributed by atoms with van der Waals surface area (Å²) in [7, 11) is 1.62. The van der Waals surface area contributed by atoms with E-state index in [0.717, 1.165) is 42.8 Å². The number of methoxy groups -OCH3 is 1. The van der Waals surface area contributed by atoms with Gasteiger partial charge in [-0.05, 0) is 36.0 Å². The minimum atomic E-state index is 0.234. The van der Waals surface area contributed by atoms with Crippen LogP contribution >= 0.6 is 11.6 Å². The van der Waals surface area contributed by atoms with Gasteiger partial charge in [0.25, 0.3) is 0 Å². The van der Waals surface area contributed by atoms with Gasteiger partial charge in [-0.2, -0.15) is 0 Å². The van der Waals surface area contributed by atoms with Crippen molar-refractivity contribution >= 4 is 11.6 Å². The molecular formula is C25H26ClN3O2. The molecule has 0 spiro atoms. The number of hydrogen-bond acceptors (Lipinski definition) is 5. The van der Waals surface area contributed by atoms with Crippen molar-refractivity contribution in [2.75, 3.05) is 26.8 Å². The Morgan fingerprint density at radius 2 is 1.87 bits per heavy atom. The molecule has 1 N–H and O–H groups in total. The predicted octanol–water partition coefficient (Wildman–Crippen LogP) is 4.39. The van der Waals surface area contributed by atoms with E-state index in [2.05, 4.69) is 34.1 Å². The van der Waals surface area contributed by atoms with Gasteiger partial charge in [-0.1, -0.05) is 48.0 Å². The normalized spacial score (nSPS) is 16.2. The molecule has 1 aliphatic carbocycles. The molecule has 0 atom stereocenters. The van der Waals surface area contributed by atoms with Crippen LogP contribution in [0.4, 0.5) is 0 Å². The first kappa shape index (κ1) is 20.4. The Hall–Kier alpha value is -2.47. The predicted molar refractivity (Wildman–Crippen MR) is 122 cm³/mol. The smallest absolute Gasteiger partial charge is 0.237 e. The maximum absolute atomic E-state index is 9.22. The molecule has 2 heterocycles. The summed E-state index contributed by atoms with van der Waals surface area (Å²) in [5.41, 5.74) is 7.47. The van der Waals surface area contributed by atoms with E-state index in [1.165, 1.54) is 23.1 Å². The van der Waals surface area contributed by atoms with Gasteiger partial charge in [0.2, 0.25) is 5.88 Å². The van der Waals surface area contributed by atoms with Crippen LogP contribution in [-0.2, 0) is 19.4 Å². The van der Waals surface area contributed by atoms with Gasteiger partial charge in [0.05, 0.1) is 24.0 Å². The van der Waals surface area contributed by atoms with Gasteiger partial charge < -0.3 is 9.84 Å². The average molecular weight is 436 g/mol. The fraction of sp³-hybridized carbons (Fsp3) is 0.360. The summed E-state index contributed by atoms with van der Waals surface area (Å²) in [6, 6.07) is 12.6. The standard InChI is InChI=1S/C25H26ClN3O2/c1-31-25-23(14-29-12-16(13-29)15-30)27-11-22(28-25)21-10-4-9-20(24(21)26)19-8-3-6-17-5-2-7-18(17)19/h3-4,6,8-11,16,30H,2,5,7,12-15H2,1H3. The number of benzene rings is 2. The van der Waals surface area contributed by atoms with Gasteiger partial charge in [-0.15, -0.1) is 0 Å². The van der Waals surface area contributed by atoms with Crippen molar-refractivity contribution in [1.29, 1.82) is 0 Å². The van der Waals surface area contributed by atoms with Crippen molar-refractivity contribution in [2.24, 2.45) is 5.92 Å². The lowest BCUT2D eigenvalue weighted by molar-refractivity contribution is 0.0462. The van der Waals surface area contributed by atoms with E-state index in [1.807, 2.05) is 12.1 Å². The molecule has 6 heteroatoms. The van der Waals surface area contributed by atoms with Gasteiger partial charge in [0.15, 0.2) is 0 Å². The molecule has 5 nitrogen and oxygen atoms in total. The molecule has 1 fully saturated rings. The van der Waals surface area contributed by atoms with E-state index in [0.29, 0.717) is 29.1 Å². The quantitative estimate of drug-likeness (QED) is 0.622. The molecule has 0 bridgehead atoms. The van der Waals surface area contributed by atoms with Crippen LogP contribution in [0.3, 0.4) is 0 Å². The lowest BCUT2D eigenvalue weighted by Crippen LogP contribution is -2.47. The second kappa shape index (κ2) is 8.58. The summed E-state index contributed by atoms with van der Waals surface area (Å²) >= 11 is 6.92. The Labute approximate surface area is 187 Å². The van der Waals surface area contributed by atoms with Crippen molar-refractivity contribution in [1.82, 2.24) is 14.9 Å². The number of nitrogens with zero attached hydrogens (tertiary/aromatic N) is 3. The Kier molecular flexibility index (Phi) is 5.65. The highest BCUT2D eigenvalue weighted by atomic mass is 35.5. The highest BCUT2D eigenvalue weighted by Crippen LogP contribution is 2.40. The van der Waals surface area contributed by atoms with E-state index in [9.17, 15) is 5.11 Å². The molecule has 2 aliphatic rings.